The number of benzene rings is 2. The number of carbonyl (C=O) groups is 1. The minimum absolute atomic E-state index is 0.00304. The second kappa shape index (κ2) is 9.81. The van der Waals surface area contributed by atoms with E-state index >= 15 is 0 Å². The van der Waals surface area contributed by atoms with Gasteiger partial charge in [-0.25, -0.2) is 4.68 Å². The number of nitrogen functional groups attached to an aromatic ring is 1. The number of aliphatic carboxylic acids is 1. The molecule has 8 nitrogen and oxygen atoms in total. The van der Waals surface area contributed by atoms with Crippen molar-refractivity contribution >= 4 is 28.2 Å². The van der Waals surface area contributed by atoms with Gasteiger partial charge in [-0.3, -0.25) is 14.5 Å². The molecule has 11 heteroatoms. The number of carboxylic acid groups (broad SMARTS) is 1. The number of anilines is 2. The Balaban J connectivity index is 1.65. The van der Waals surface area contributed by atoms with E-state index in [4.69, 9.17) is 10.8 Å². The molecule has 36 heavy (non-hydrogen) atoms. The molecule has 192 valence electrons. The van der Waals surface area contributed by atoms with Gasteiger partial charge < -0.3 is 16.2 Å². The van der Waals surface area contributed by atoms with Gasteiger partial charge in [-0.15, -0.1) is 0 Å². The van der Waals surface area contributed by atoms with Gasteiger partial charge in [-0.1, -0.05) is 6.07 Å². The van der Waals surface area contributed by atoms with Crippen molar-refractivity contribution in [1.82, 2.24) is 14.7 Å². The van der Waals surface area contributed by atoms with E-state index in [0.29, 0.717) is 35.2 Å². The molecule has 1 aliphatic heterocycles. The van der Waals surface area contributed by atoms with Crippen molar-refractivity contribution in [2.45, 2.75) is 37.9 Å². The van der Waals surface area contributed by atoms with Crippen LogP contribution in [0.3, 0.4) is 0 Å². The molecular weight excluding hydrogens is 475 g/mol. The molecule has 1 saturated heterocycles. The predicted octanol–water partition coefficient (Wildman–Crippen LogP) is 3.97. The second-order valence-corrected chi connectivity index (χ2v) is 9.28. The molecule has 2 heterocycles. The number of fused-ring (bicyclic) bond motifs is 1. The summed E-state index contributed by atoms with van der Waals surface area (Å²) < 4.78 is 41.1. The largest absolute Gasteiger partial charge is 0.480 e. The standard InChI is InChI=1S/C25H28F3N5O3/c1-14(17-9-18(25(26,27)28)12-19(29)10-17)30-23-21-11-16(3-4-20(21)24(36)32(2)31-23)15-5-7-33(8-6-15)13-22(34)35/h3-4,9-12,14-15H,5-8,13,29H2,1-2H3,(H,30,31)(H,34,35)/t14-/m1/s1. The molecule has 0 unspecified atom stereocenters. The number of nitrogens with zero attached hydrogens (tertiary/aromatic N) is 3. The van der Waals surface area contributed by atoms with Crippen molar-refractivity contribution in [3.05, 3.63) is 63.4 Å². The number of aromatic nitrogens is 2. The van der Waals surface area contributed by atoms with Crippen LogP contribution in [0, 0.1) is 0 Å². The smallest absolute Gasteiger partial charge is 0.416 e. The van der Waals surface area contributed by atoms with E-state index in [2.05, 4.69) is 10.4 Å². The average molecular weight is 504 g/mol. The van der Waals surface area contributed by atoms with Crippen LogP contribution in [0.1, 0.15) is 48.4 Å². The van der Waals surface area contributed by atoms with E-state index in [1.54, 1.807) is 13.0 Å². The molecule has 0 spiro atoms. The fourth-order valence-electron chi connectivity index (χ4n) is 4.72. The quantitative estimate of drug-likeness (QED) is 0.436. The number of piperidine rings is 1. The maximum absolute atomic E-state index is 13.3. The molecule has 2 aromatic carbocycles. The van der Waals surface area contributed by atoms with Gasteiger partial charge in [0.15, 0.2) is 5.82 Å². The van der Waals surface area contributed by atoms with E-state index in [9.17, 15) is 22.8 Å². The first-order valence-electron chi connectivity index (χ1n) is 11.6. The molecule has 1 aromatic heterocycles. The van der Waals surface area contributed by atoms with Crippen molar-refractivity contribution in [1.29, 1.82) is 0 Å². The van der Waals surface area contributed by atoms with Crippen molar-refractivity contribution in [3.8, 4) is 0 Å². The van der Waals surface area contributed by atoms with Crippen LogP contribution >= 0.6 is 0 Å². The molecule has 0 saturated carbocycles. The van der Waals surface area contributed by atoms with Crippen molar-refractivity contribution in [2.24, 2.45) is 7.05 Å². The molecule has 4 rings (SSSR count). The summed E-state index contributed by atoms with van der Waals surface area (Å²) in [6.45, 7) is 3.03. The van der Waals surface area contributed by atoms with Gasteiger partial charge in [0.25, 0.3) is 5.56 Å². The van der Waals surface area contributed by atoms with Crippen LogP contribution in [0.4, 0.5) is 24.7 Å². The van der Waals surface area contributed by atoms with E-state index < -0.39 is 23.8 Å². The normalized spacial score (nSPS) is 16.2. The number of likely N-dealkylation sites (tertiary alicyclic amines) is 1. The van der Waals surface area contributed by atoms with Gasteiger partial charge in [-0.2, -0.15) is 18.3 Å². The summed E-state index contributed by atoms with van der Waals surface area (Å²) in [6.07, 6.45) is -2.97. The molecule has 1 atom stereocenters. The first-order chi connectivity index (χ1) is 16.9. The summed E-state index contributed by atoms with van der Waals surface area (Å²) in [5.74, 6) is -0.286. The first-order valence-corrected chi connectivity index (χ1v) is 11.6. The third-order valence-electron chi connectivity index (χ3n) is 6.65. The number of carboxylic acids is 1. The lowest BCUT2D eigenvalue weighted by molar-refractivity contribution is -0.139. The van der Waals surface area contributed by atoms with Gasteiger partial charge in [0.1, 0.15) is 0 Å². The van der Waals surface area contributed by atoms with Gasteiger partial charge in [0.05, 0.1) is 23.5 Å². The second-order valence-electron chi connectivity index (χ2n) is 9.28. The Morgan fingerprint density at radius 2 is 1.89 bits per heavy atom. The van der Waals surface area contributed by atoms with E-state index in [0.717, 1.165) is 30.5 Å². The number of hydrogen-bond acceptors (Lipinski definition) is 6. The van der Waals surface area contributed by atoms with Crippen molar-refractivity contribution in [2.75, 3.05) is 30.7 Å². The lowest BCUT2D eigenvalue weighted by Crippen LogP contribution is -2.36. The first kappa shape index (κ1) is 25.5. The number of rotatable bonds is 6. The topological polar surface area (TPSA) is 113 Å². The van der Waals surface area contributed by atoms with E-state index in [1.165, 1.54) is 17.8 Å². The number of hydrogen-bond donors (Lipinski definition) is 3. The maximum atomic E-state index is 13.3. The van der Waals surface area contributed by atoms with Crippen LogP contribution in [0.15, 0.2) is 41.2 Å². The highest BCUT2D eigenvalue weighted by Gasteiger charge is 2.31. The Hall–Kier alpha value is -3.60. The highest BCUT2D eigenvalue weighted by Crippen LogP contribution is 2.35. The van der Waals surface area contributed by atoms with Crippen molar-refractivity contribution < 1.29 is 23.1 Å². The summed E-state index contributed by atoms with van der Waals surface area (Å²) in [4.78, 5) is 25.6. The number of aryl methyl sites for hydroxylation is 1. The average Bonchev–Trinajstić information content (AvgIpc) is 2.81. The number of halogens is 3. The molecule has 0 bridgehead atoms. The maximum Gasteiger partial charge on any atom is 0.416 e. The molecule has 0 radical (unpaired) electrons. The summed E-state index contributed by atoms with van der Waals surface area (Å²) in [5.41, 5.74) is 5.97. The van der Waals surface area contributed by atoms with Crippen LogP contribution < -0.4 is 16.6 Å². The minimum Gasteiger partial charge on any atom is -0.480 e. The van der Waals surface area contributed by atoms with Gasteiger partial charge in [0, 0.05) is 18.1 Å². The molecule has 0 amide bonds. The molecule has 3 aromatic rings. The fourth-order valence-corrected chi connectivity index (χ4v) is 4.72. The minimum atomic E-state index is -4.53. The monoisotopic (exact) mass is 503 g/mol. The van der Waals surface area contributed by atoms with Crippen LogP contribution in [-0.4, -0.2) is 45.4 Å². The zero-order chi connectivity index (χ0) is 26.2. The zero-order valence-electron chi connectivity index (χ0n) is 20.0. The van der Waals surface area contributed by atoms with Gasteiger partial charge in [0.2, 0.25) is 0 Å². The summed E-state index contributed by atoms with van der Waals surface area (Å²) >= 11 is 0. The van der Waals surface area contributed by atoms with Gasteiger partial charge >= 0.3 is 12.1 Å². The van der Waals surface area contributed by atoms with E-state index in [1.807, 2.05) is 17.0 Å². The summed E-state index contributed by atoms with van der Waals surface area (Å²) in [6, 6.07) is 8.40. The van der Waals surface area contributed by atoms with Crippen LogP contribution in [0.5, 0.6) is 0 Å². The number of alkyl halides is 3. The van der Waals surface area contributed by atoms with E-state index in [-0.39, 0.29) is 23.7 Å². The third kappa shape index (κ3) is 5.46. The predicted molar refractivity (Wildman–Crippen MR) is 131 cm³/mol. The molecule has 0 aliphatic carbocycles. The third-order valence-corrected chi connectivity index (χ3v) is 6.65. The molecule has 1 fully saturated rings. The molecular formula is C25H28F3N5O3. The van der Waals surface area contributed by atoms with Crippen LogP contribution in [0.2, 0.25) is 0 Å². The summed E-state index contributed by atoms with van der Waals surface area (Å²) in [7, 11) is 1.52. The SMILES string of the molecule is C[C@@H](Nc1nn(C)c(=O)c2ccc(C3CCN(CC(=O)O)CC3)cc12)c1cc(N)cc(C(F)(F)F)c1. The lowest BCUT2D eigenvalue weighted by atomic mass is 9.88. The zero-order valence-corrected chi connectivity index (χ0v) is 20.0. The number of nitrogens with two attached hydrogens (primary N) is 1. The van der Waals surface area contributed by atoms with Crippen LogP contribution in [0.25, 0.3) is 10.8 Å². The van der Waals surface area contributed by atoms with Gasteiger partial charge in [-0.05, 0) is 80.2 Å². The Morgan fingerprint density at radius 3 is 2.53 bits per heavy atom. The Bertz CT molecular complexity index is 1350. The molecule has 1 aliphatic rings. The number of nitrogens with one attached hydrogen (secondary N) is 1. The lowest BCUT2D eigenvalue weighted by Gasteiger charge is -2.31. The summed E-state index contributed by atoms with van der Waals surface area (Å²) in [5, 5.41) is 17.6. The fraction of sp³-hybridized carbons (Fsp3) is 0.400. The Labute approximate surface area is 205 Å². The van der Waals surface area contributed by atoms with Crippen LogP contribution in [-0.2, 0) is 18.0 Å². The molecule has 4 N–H and O–H groups in total. The highest BCUT2D eigenvalue weighted by atomic mass is 19.4. The van der Waals surface area contributed by atoms with Crippen molar-refractivity contribution in [3.63, 3.8) is 0 Å². The Morgan fingerprint density at radius 1 is 1.19 bits per heavy atom. The Kier molecular flexibility index (Phi) is 6.94. The highest BCUT2D eigenvalue weighted by molar-refractivity contribution is 5.91.